The zero-order chi connectivity index (χ0) is 33.0. The Hall–Kier alpha value is -2.06. The van der Waals surface area contributed by atoms with Gasteiger partial charge in [-0.2, -0.15) is 0 Å². The van der Waals surface area contributed by atoms with Crippen LogP contribution in [0.25, 0.3) is 0 Å². The molecule has 0 aromatic rings. The Morgan fingerprint density at radius 2 is 1.29 bits per heavy atom. The van der Waals surface area contributed by atoms with Gasteiger partial charge in [0.1, 0.15) is 13.0 Å². The third-order valence-electron chi connectivity index (χ3n) is 4.79. The van der Waals surface area contributed by atoms with Gasteiger partial charge in [-0.25, -0.2) is 0 Å². The van der Waals surface area contributed by atoms with E-state index in [-0.39, 0.29) is 87.9 Å². The summed E-state index contributed by atoms with van der Waals surface area (Å²) in [4.78, 5) is 72.5. The monoisotopic (exact) mass is 614 g/mol. The summed E-state index contributed by atoms with van der Waals surface area (Å²) in [7, 11) is 0. The largest absolute Gasteiger partial charge is 1.00 e. The Kier molecular flexibility index (Phi) is 27.2. The number of ketones is 1. The molecular weight excluding hydrogens is 563 g/mol. The van der Waals surface area contributed by atoms with Gasteiger partial charge in [-0.1, -0.05) is 6.92 Å². The summed E-state index contributed by atoms with van der Waals surface area (Å²) in [6.07, 6.45) is -0.371. The maximum absolute atomic E-state index is 12.0. The molecule has 0 spiro atoms. The van der Waals surface area contributed by atoms with E-state index in [1.54, 1.807) is 55.4 Å². The first kappa shape index (κ1) is 46.9. The average molecular weight is 615 g/mol. The minimum atomic E-state index is -1.25. The van der Waals surface area contributed by atoms with E-state index in [9.17, 15) is 28.8 Å². The number of amides is 2. The number of Topliss-reactive ketones (excluding diaryl/α,β-unsaturated/α-hetero) is 1. The number of likely N-dealkylation sites (tertiary alicyclic amines) is 1. The van der Waals surface area contributed by atoms with Crippen LogP contribution in [0.5, 0.6) is 0 Å². The first-order chi connectivity index (χ1) is 18.8. The smallest absolute Gasteiger partial charge is 0.855 e. The van der Waals surface area contributed by atoms with Crippen molar-refractivity contribution in [1.29, 1.82) is 0 Å². The molecule has 42 heavy (non-hydrogen) atoms. The van der Waals surface area contributed by atoms with Gasteiger partial charge in [0.25, 0.3) is 0 Å². The molecule has 1 atom stereocenters. The standard InChI is InChI=1S/C13H23NO5.C11H17NO4.C2H6O.C2H5O.Na/c1-6-18-11(16)8-10(15)14(13(3,4)5)9-12(17)19-7-2;1-5-16-10(15)8-7(13)6-12(9(8)14)11(2,3)4;2*1-2-3;/h6-9H2,1-5H3;8H,5-6H2,1-4H3;3H,2H2,1H3;2H2,1H3;/q;;;-1;+1. The van der Waals surface area contributed by atoms with Crippen LogP contribution in [-0.2, 0) is 43.0 Å². The van der Waals surface area contributed by atoms with Gasteiger partial charge in [0.15, 0.2) is 11.7 Å². The van der Waals surface area contributed by atoms with Crippen LogP contribution in [0.15, 0.2) is 0 Å². The molecule has 0 aromatic carbocycles. The van der Waals surface area contributed by atoms with Crippen molar-refractivity contribution < 1.29 is 82.7 Å². The summed E-state index contributed by atoms with van der Waals surface area (Å²) < 4.78 is 14.3. The molecule has 14 heteroatoms. The van der Waals surface area contributed by atoms with Gasteiger partial charge in [-0.3, -0.25) is 28.8 Å². The maximum atomic E-state index is 12.0. The summed E-state index contributed by atoms with van der Waals surface area (Å²) in [5, 5.41) is 16.5. The second-order valence-electron chi connectivity index (χ2n) is 10.3. The van der Waals surface area contributed by atoms with E-state index in [4.69, 9.17) is 24.4 Å². The Bertz CT molecular complexity index is 835. The molecule has 0 aliphatic carbocycles. The average Bonchev–Trinajstić information content (AvgIpc) is 3.13. The number of aliphatic hydroxyl groups excluding tert-OH is 1. The van der Waals surface area contributed by atoms with E-state index < -0.39 is 46.7 Å². The van der Waals surface area contributed by atoms with Crippen molar-refractivity contribution in [2.45, 2.75) is 93.7 Å². The molecule has 1 unspecified atom stereocenters. The topological polar surface area (TPSA) is 180 Å². The molecule has 2 amide bonds. The van der Waals surface area contributed by atoms with Gasteiger partial charge in [0.2, 0.25) is 11.8 Å². The van der Waals surface area contributed by atoms with Crippen LogP contribution in [0.2, 0.25) is 0 Å². The first-order valence-corrected chi connectivity index (χ1v) is 13.7. The molecule has 0 aromatic heterocycles. The van der Waals surface area contributed by atoms with Crippen molar-refractivity contribution in [1.82, 2.24) is 9.80 Å². The van der Waals surface area contributed by atoms with E-state index in [0.717, 1.165) is 0 Å². The molecule has 0 bridgehead atoms. The van der Waals surface area contributed by atoms with Gasteiger partial charge < -0.3 is 34.2 Å². The number of aliphatic hydroxyl groups is 1. The zero-order valence-electron chi connectivity index (χ0n) is 27.7. The van der Waals surface area contributed by atoms with Gasteiger partial charge in [-0.15, -0.1) is 6.61 Å². The van der Waals surface area contributed by atoms with Crippen LogP contribution in [0.3, 0.4) is 0 Å². The Morgan fingerprint density at radius 1 is 0.881 bits per heavy atom. The summed E-state index contributed by atoms with van der Waals surface area (Å²) in [5.74, 6) is -4.34. The van der Waals surface area contributed by atoms with Gasteiger partial charge in [0.05, 0.1) is 26.4 Å². The van der Waals surface area contributed by atoms with Gasteiger partial charge in [-0.05, 0) is 69.2 Å². The molecule has 1 rings (SSSR count). The van der Waals surface area contributed by atoms with Crippen molar-refractivity contribution in [2.75, 3.05) is 46.1 Å². The number of esters is 3. The fourth-order valence-electron chi connectivity index (χ4n) is 3.11. The number of hydrogen-bond acceptors (Lipinski definition) is 11. The molecule has 1 aliphatic rings. The maximum Gasteiger partial charge on any atom is 1.00 e. The summed E-state index contributed by atoms with van der Waals surface area (Å²) in [6.45, 7) is 19.8. The Labute approximate surface area is 272 Å². The van der Waals surface area contributed by atoms with Crippen LogP contribution in [0.4, 0.5) is 0 Å². The van der Waals surface area contributed by atoms with E-state index in [2.05, 4.69) is 0 Å². The van der Waals surface area contributed by atoms with E-state index in [0.29, 0.717) is 0 Å². The van der Waals surface area contributed by atoms with Crippen molar-refractivity contribution >= 4 is 35.5 Å². The first-order valence-electron chi connectivity index (χ1n) is 13.7. The molecule has 0 radical (unpaired) electrons. The molecule has 0 saturated carbocycles. The number of hydrogen-bond donors (Lipinski definition) is 1. The van der Waals surface area contributed by atoms with Crippen LogP contribution in [0, 0.1) is 5.92 Å². The van der Waals surface area contributed by atoms with Crippen LogP contribution < -0.4 is 34.7 Å². The SMILES string of the molecule is CCO.CCOC(=O)C1C(=O)CN(C(C)(C)C)C1=O.CCOC(=O)CC(=O)N(CC(=O)OCC)C(C)(C)C.CC[O-].[Na+]. The van der Waals surface area contributed by atoms with Crippen LogP contribution in [0.1, 0.15) is 82.6 Å². The van der Waals surface area contributed by atoms with Gasteiger partial charge >= 0.3 is 47.5 Å². The molecule has 1 saturated heterocycles. The fourth-order valence-corrected chi connectivity index (χ4v) is 3.11. The molecule has 1 N–H and O–H groups in total. The Balaban J connectivity index is -0.000000285. The normalized spacial score (nSPS) is 13.9. The van der Waals surface area contributed by atoms with E-state index in [1.165, 1.54) is 9.80 Å². The second kappa shape index (κ2) is 24.4. The van der Waals surface area contributed by atoms with Crippen molar-refractivity contribution in [3.05, 3.63) is 0 Å². The summed E-state index contributed by atoms with van der Waals surface area (Å²) >= 11 is 0. The minimum Gasteiger partial charge on any atom is -0.855 e. The van der Waals surface area contributed by atoms with Crippen LogP contribution >= 0.6 is 0 Å². The summed E-state index contributed by atoms with van der Waals surface area (Å²) in [6, 6.07) is 0. The molecule has 1 fully saturated rings. The minimum absolute atomic E-state index is 0. The molecular formula is C28H51N2NaO11. The fraction of sp³-hybridized carbons (Fsp3) is 0.786. The molecule has 1 heterocycles. The quantitative estimate of drug-likeness (QED) is 0.137. The Morgan fingerprint density at radius 3 is 1.62 bits per heavy atom. The second-order valence-corrected chi connectivity index (χ2v) is 10.3. The van der Waals surface area contributed by atoms with Crippen molar-refractivity contribution in [2.24, 2.45) is 5.92 Å². The van der Waals surface area contributed by atoms with Crippen molar-refractivity contribution in [3.8, 4) is 0 Å². The number of rotatable bonds is 8. The number of ether oxygens (including phenoxy) is 3. The number of nitrogens with zero attached hydrogens (tertiary/aromatic N) is 2. The third kappa shape index (κ3) is 20.0. The number of carbonyl (C=O) groups excluding carboxylic acids is 6. The summed E-state index contributed by atoms with van der Waals surface area (Å²) in [5.41, 5.74) is -1.02. The molecule has 240 valence electrons. The molecule has 13 nitrogen and oxygen atoms in total. The van der Waals surface area contributed by atoms with E-state index in [1.807, 2.05) is 20.8 Å². The zero-order valence-corrected chi connectivity index (χ0v) is 29.7. The van der Waals surface area contributed by atoms with Crippen molar-refractivity contribution in [3.63, 3.8) is 0 Å². The predicted octanol–water partition coefficient (Wildman–Crippen LogP) is -2.13. The molecule has 1 aliphatic heterocycles. The van der Waals surface area contributed by atoms with Gasteiger partial charge in [0, 0.05) is 17.7 Å². The third-order valence-corrected chi connectivity index (χ3v) is 4.79. The van der Waals surface area contributed by atoms with E-state index >= 15 is 0 Å². The number of carbonyl (C=O) groups is 6. The predicted molar refractivity (Wildman–Crippen MR) is 149 cm³/mol. The van der Waals surface area contributed by atoms with Crippen LogP contribution in [-0.4, -0.2) is 108 Å².